The normalized spacial score (nSPS) is 10.2. The summed E-state index contributed by atoms with van der Waals surface area (Å²) in [5.74, 6) is -1.04. The highest BCUT2D eigenvalue weighted by atomic mass is 32.1. The van der Waals surface area contributed by atoms with E-state index in [0.29, 0.717) is 21.8 Å². The number of hydrogen-bond acceptors (Lipinski definition) is 3. The topological polar surface area (TPSA) is 58.2 Å². The van der Waals surface area contributed by atoms with Crippen LogP contribution in [0.3, 0.4) is 0 Å². The van der Waals surface area contributed by atoms with Gasteiger partial charge in [0, 0.05) is 16.9 Å². The third-order valence-corrected chi connectivity index (χ3v) is 4.08. The minimum absolute atomic E-state index is 0.229. The molecular formula is C18H13FN2O2S. The molecular weight excluding hydrogens is 327 g/mol. The minimum atomic E-state index is -0.426. The van der Waals surface area contributed by atoms with Crippen LogP contribution in [0.25, 0.3) is 0 Å². The van der Waals surface area contributed by atoms with Crippen LogP contribution >= 0.6 is 11.3 Å². The number of amides is 2. The second-order valence-electron chi connectivity index (χ2n) is 4.98. The second-order valence-corrected chi connectivity index (χ2v) is 5.92. The van der Waals surface area contributed by atoms with Crippen LogP contribution in [0.1, 0.15) is 20.0 Å². The molecule has 1 aromatic heterocycles. The molecule has 1 heterocycles. The molecule has 4 nitrogen and oxygen atoms in total. The smallest absolute Gasteiger partial charge is 0.265 e. The third-order valence-electron chi connectivity index (χ3n) is 3.21. The van der Waals surface area contributed by atoms with Gasteiger partial charge in [0.05, 0.1) is 4.88 Å². The van der Waals surface area contributed by atoms with Gasteiger partial charge in [-0.1, -0.05) is 18.2 Å². The summed E-state index contributed by atoms with van der Waals surface area (Å²) in [6, 6.07) is 15.7. The SMILES string of the molecule is O=C(Nc1cccc(F)c1)c1cccc(NC(=O)c2cccs2)c1. The number of hydrogen-bond donors (Lipinski definition) is 2. The quantitative estimate of drug-likeness (QED) is 0.740. The summed E-state index contributed by atoms with van der Waals surface area (Å²) in [6.07, 6.45) is 0. The Labute approximate surface area is 142 Å². The van der Waals surface area contributed by atoms with E-state index in [1.807, 2.05) is 5.38 Å². The van der Waals surface area contributed by atoms with Gasteiger partial charge in [0.25, 0.3) is 11.8 Å². The van der Waals surface area contributed by atoms with Crippen LogP contribution in [0.2, 0.25) is 0 Å². The number of thiophene rings is 1. The molecule has 0 aliphatic rings. The van der Waals surface area contributed by atoms with E-state index < -0.39 is 5.82 Å². The maximum atomic E-state index is 13.2. The third kappa shape index (κ3) is 3.85. The predicted molar refractivity (Wildman–Crippen MR) is 93.1 cm³/mol. The highest BCUT2D eigenvalue weighted by Gasteiger charge is 2.10. The summed E-state index contributed by atoms with van der Waals surface area (Å²) in [5.41, 5.74) is 1.25. The lowest BCUT2D eigenvalue weighted by molar-refractivity contribution is 0.101. The molecule has 3 rings (SSSR count). The van der Waals surface area contributed by atoms with Crippen molar-refractivity contribution in [3.05, 3.63) is 82.3 Å². The lowest BCUT2D eigenvalue weighted by Crippen LogP contribution is -2.14. The van der Waals surface area contributed by atoms with Gasteiger partial charge < -0.3 is 10.6 Å². The molecule has 3 aromatic rings. The van der Waals surface area contributed by atoms with Crippen LogP contribution < -0.4 is 10.6 Å². The standard InChI is InChI=1S/C18H13FN2O2S/c19-13-5-2-7-15(11-13)20-17(22)12-4-1-6-14(10-12)21-18(23)16-8-3-9-24-16/h1-11H,(H,20,22)(H,21,23). The number of halogens is 1. The van der Waals surface area contributed by atoms with Crippen molar-refractivity contribution in [2.45, 2.75) is 0 Å². The van der Waals surface area contributed by atoms with Crippen molar-refractivity contribution in [1.29, 1.82) is 0 Å². The molecule has 24 heavy (non-hydrogen) atoms. The van der Waals surface area contributed by atoms with Crippen LogP contribution in [0, 0.1) is 5.82 Å². The molecule has 0 bridgehead atoms. The summed E-state index contributed by atoms with van der Waals surface area (Å²) in [7, 11) is 0. The van der Waals surface area contributed by atoms with E-state index in [1.165, 1.54) is 29.5 Å². The molecule has 0 saturated heterocycles. The Bertz CT molecular complexity index is 878. The first-order chi connectivity index (χ1) is 11.6. The van der Waals surface area contributed by atoms with Crippen LogP contribution in [0.15, 0.2) is 66.0 Å². The number of rotatable bonds is 4. The van der Waals surface area contributed by atoms with Crippen LogP contribution in [0.4, 0.5) is 15.8 Å². The van der Waals surface area contributed by atoms with E-state index in [1.54, 1.807) is 42.5 Å². The lowest BCUT2D eigenvalue weighted by atomic mass is 10.1. The van der Waals surface area contributed by atoms with E-state index in [4.69, 9.17) is 0 Å². The first-order valence-electron chi connectivity index (χ1n) is 7.14. The predicted octanol–water partition coefficient (Wildman–Crippen LogP) is 4.39. The Morgan fingerprint density at radius 2 is 1.54 bits per heavy atom. The Morgan fingerprint density at radius 1 is 0.833 bits per heavy atom. The van der Waals surface area contributed by atoms with Gasteiger partial charge in [-0.25, -0.2) is 4.39 Å². The zero-order chi connectivity index (χ0) is 16.9. The maximum absolute atomic E-state index is 13.2. The van der Waals surface area contributed by atoms with Crippen molar-refractivity contribution in [3.63, 3.8) is 0 Å². The maximum Gasteiger partial charge on any atom is 0.265 e. The van der Waals surface area contributed by atoms with E-state index >= 15 is 0 Å². The average Bonchev–Trinajstić information content (AvgIpc) is 3.10. The Kier molecular flexibility index (Phi) is 4.67. The van der Waals surface area contributed by atoms with Crippen molar-refractivity contribution in [2.75, 3.05) is 10.6 Å². The number of benzene rings is 2. The molecule has 0 unspecified atom stereocenters. The van der Waals surface area contributed by atoms with Crippen molar-refractivity contribution in [1.82, 2.24) is 0 Å². The van der Waals surface area contributed by atoms with Gasteiger partial charge in [0.2, 0.25) is 0 Å². The van der Waals surface area contributed by atoms with Gasteiger partial charge in [0.1, 0.15) is 5.82 Å². The average molecular weight is 340 g/mol. The molecule has 0 aliphatic heterocycles. The molecule has 120 valence electrons. The fourth-order valence-corrected chi connectivity index (χ4v) is 2.73. The van der Waals surface area contributed by atoms with Gasteiger partial charge in [-0.3, -0.25) is 9.59 Å². The molecule has 0 fully saturated rings. The zero-order valence-corrected chi connectivity index (χ0v) is 13.3. The van der Waals surface area contributed by atoms with Gasteiger partial charge in [-0.05, 0) is 47.8 Å². The summed E-state index contributed by atoms with van der Waals surface area (Å²) >= 11 is 1.34. The van der Waals surface area contributed by atoms with E-state index in [0.717, 1.165) is 0 Å². The summed E-state index contributed by atoms with van der Waals surface area (Å²) in [5, 5.41) is 7.18. The number of carbonyl (C=O) groups excluding carboxylic acids is 2. The van der Waals surface area contributed by atoms with Crippen LogP contribution in [-0.4, -0.2) is 11.8 Å². The highest BCUT2D eigenvalue weighted by Crippen LogP contribution is 2.16. The van der Waals surface area contributed by atoms with Crippen molar-refractivity contribution in [3.8, 4) is 0 Å². The largest absolute Gasteiger partial charge is 0.322 e. The van der Waals surface area contributed by atoms with E-state index in [-0.39, 0.29) is 11.8 Å². The van der Waals surface area contributed by atoms with Crippen molar-refractivity contribution in [2.24, 2.45) is 0 Å². The fourth-order valence-electron chi connectivity index (χ4n) is 2.11. The molecule has 0 aliphatic carbocycles. The molecule has 2 aromatic carbocycles. The fraction of sp³-hybridized carbons (Fsp3) is 0. The zero-order valence-electron chi connectivity index (χ0n) is 12.5. The van der Waals surface area contributed by atoms with Gasteiger partial charge >= 0.3 is 0 Å². The second kappa shape index (κ2) is 7.06. The van der Waals surface area contributed by atoms with Crippen molar-refractivity contribution >= 4 is 34.5 Å². The summed E-state index contributed by atoms with van der Waals surface area (Å²) in [6.45, 7) is 0. The van der Waals surface area contributed by atoms with Crippen molar-refractivity contribution < 1.29 is 14.0 Å². The molecule has 6 heteroatoms. The monoisotopic (exact) mass is 340 g/mol. The molecule has 0 saturated carbocycles. The first kappa shape index (κ1) is 15.9. The Morgan fingerprint density at radius 3 is 2.25 bits per heavy atom. The van der Waals surface area contributed by atoms with E-state index in [9.17, 15) is 14.0 Å². The van der Waals surface area contributed by atoms with Crippen LogP contribution in [0.5, 0.6) is 0 Å². The number of anilines is 2. The molecule has 0 atom stereocenters. The summed E-state index contributed by atoms with van der Waals surface area (Å²) < 4.78 is 13.2. The lowest BCUT2D eigenvalue weighted by Gasteiger charge is -2.08. The van der Waals surface area contributed by atoms with E-state index in [2.05, 4.69) is 10.6 Å². The number of nitrogens with one attached hydrogen (secondary N) is 2. The molecule has 2 amide bonds. The van der Waals surface area contributed by atoms with Gasteiger partial charge in [-0.15, -0.1) is 11.3 Å². The summed E-state index contributed by atoms with van der Waals surface area (Å²) in [4.78, 5) is 24.9. The van der Waals surface area contributed by atoms with Gasteiger partial charge in [0.15, 0.2) is 0 Å². The first-order valence-corrected chi connectivity index (χ1v) is 8.01. The van der Waals surface area contributed by atoms with Crippen LogP contribution in [-0.2, 0) is 0 Å². The Hall–Kier alpha value is -2.99. The van der Waals surface area contributed by atoms with Gasteiger partial charge in [-0.2, -0.15) is 0 Å². The molecule has 0 spiro atoms. The Balaban J connectivity index is 1.72. The molecule has 2 N–H and O–H groups in total. The number of carbonyl (C=O) groups is 2. The molecule has 0 radical (unpaired) electrons. The minimum Gasteiger partial charge on any atom is -0.322 e. The highest BCUT2D eigenvalue weighted by molar-refractivity contribution is 7.12.